The maximum absolute atomic E-state index is 12.1. The van der Waals surface area contributed by atoms with Gasteiger partial charge in [-0.2, -0.15) is 16.8 Å². The van der Waals surface area contributed by atoms with Crippen molar-refractivity contribution in [1.29, 1.82) is 0 Å². The molecule has 708 valence electrons. The zero-order chi connectivity index (χ0) is 89.9. The van der Waals surface area contributed by atoms with Gasteiger partial charge < -0.3 is 118 Å². The van der Waals surface area contributed by atoms with Crippen LogP contribution in [0.3, 0.4) is 0 Å². The minimum absolute atomic E-state index is 0.101. The van der Waals surface area contributed by atoms with Crippen LogP contribution in [0.2, 0.25) is 0 Å². The lowest BCUT2D eigenvalue weighted by atomic mass is 9.83. The molecule has 17 aliphatic rings. The lowest BCUT2D eigenvalue weighted by Gasteiger charge is -2.45. The third-order valence-electron chi connectivity index (χ3n) is 25.2. The van der Waals surface area contributed by atoms with E-state index in [0.717, 1.165) is 42.4 Å². The number of benzene rings is 3. The summed E-state index contributed by atoms with van der Waals surface area (Å²) in [6, 6.07) is 28.1. The Balaban J connectivity index is 0.000000121. The molecule has 3 aromatic rings. The van der Waals surface area contributed by atoms with Gasteiger partial charge in [0.15, 0.2) is 71.0 Å². The first-order valence-electron chi connectivity index (χ1n) is 43.8. The smallest absolute Gasteiger partial charge is 0.400 e. The summed E-state index contributed by atoms with van der Waals surface area (Å²) in [5.74, 6) is -5.18. The fraction of sp³-hybridized carbons (Fsp3) is 0.793. The van der Waals surface area contributed by atoms with Crippen molar-refractivity contribution in [2.45, 2.75) is 362 Å². The van der Waals surface area contributed by atoms with Crippen LogP contribution < -0.4 is 0 Å². The monoisotopic (exact) mass is 1840 g/mol. The van der Waals surface area contributed by atoms with E-state index in [2.05, 4.69) is 0 Å². The highest BCUT2D eigenvalue weighted by Crippen LogP contribution is 2.54. The van der Waals surface area contributed by atoms with Crippen molar-refractivity contribution in [2.75, 3.05) is 52.9 Å². The Hall–Kier alpha value is -3.69. The average Bonchev–Trinajstić information content (AvgIpc) is 1.27. The first-order chi connectivity index (χ1) is 59.0. The van der Waals surface area contributed by atoms with Gasteiger partial charge in [-0.3, -0.25) is 4.18 Å². The van der Waals surface area contributed by atoms with Crippen molar-refractivity contribution in [3.63, 3.8) is 0 Å². The molecule has 36 nitrogen and oxygen atoms in total. The van der Waals surface area contributed by atoms with E-state index < -0.39 is 175 Å². The predicted octanol–water partition coefficient (Wildman–Crippen LogP) is 9.86. The van der Waals surface area contributed by atoms with Crippen molar-refractivity contribution in [3.8, 4) is 0 Å². The number of hydrogen-bond acceptors (Lipinski definition) is 36. The molecule has 28 atom stereocenters. The first-order valence-corrected chi connectivity index (χ1v) is 47.8. The van der Waals surface area contributed by atoms with Gasteiger partial charge in [-0.1, -0.05) is 91.0 Å². The molecule has 14 aliphatic heterocycles. The molecular formula is C87H125O36S3-. The standard InChI is InChI=1S/C29H42O12S.2C16H20O8S.2C13H22O4/c1-27(2)33-14-20(38-27)22-17(13-19-23(22)40-29(5,6)37-19)12-18-25(41-42(30,31)32)24(21-15-34-28(3,4)39-21)36-26(35-18)16-10-8-7-9-11-16;2*1-16(2)19-8-12(23-16)13-14-11(9-20-25(17,18)24-14)21-15(22-13)10-6-4-3-5-7-10;2*1-12(2)14-7-10(16-12)8-5-6-9-11(8)17-13(3,4)15-9/h7-11,17-26H,12-15H2,1-6H3,(H,30,31,32);2*3-7,11-15H,8-9H2,1-2H3;2*8-11H,5-7H2,1-4H3/p-1/t17-,18+,19+,20-,21-,22-,23+,24-,25?,26?;2*11-,12+,13+,14+,15?;2*8-,9+,10-,11-/m10010/s1. The van der Waals surface area contributed by atoms with Crippen LogP contribution in [0.15, 0.2) is 91.0 Å². The van der Waals surface area contributed by atoms with E-state index >= 15 is 0 Å². The Labute approximate surface area is 738 Å². The zero-order valence-electron chi connectivity index (χ0n) is 74.6. The van der Waals surface area contributed by atoms with Crippen LogP contribution >= 0.6 is 0 Å². The van der Waals surface area contributed by atoms with Crippen molar-refractivity contribution >= 4 is 31.2 Å². The Bertz CT molecular complexity index is 4340. The molecule has 20 rings (SSSR count). The SMILES string of the molecule is CC1(C)OC[C@@H]([C@@H]2CC[C@H]3OC(C)(C)O[C@@H]23)O1.CC1(C)OC[C@H]([C@H]2OC(c3ccccc3)O[C@H]3COS(=O)(=O)O[C@@H]23)O1.CC1(C)OC[C@H]([C@H]2OC(c3ccccc3)O[C@H]3COS(=O)(=O)O[C@@H]23)O1.CC1(C)O[C@@H]2[C@@H]([C@H]3COC(C)(C)O3)CC[C@@H]2O1.CC1(C)O[C@@H]2[C@@H]([C@H]3COC(C)(C)O3)[C@H](C[C@@H]3OC(c4ccccc4)O[C@H]([C@H]4COC(C)(C)O4)C3OS(=O)(=O)[O-])C[C@@H]2O1. The summed E-state index contributed by atoms with van der Waals surface area (Å²) in [5.41, 5.74) is 2.37. The molecule has 0 amide bonds. The molecule has 39 heteroatoms. The molecule has 14 heterocycles. The van der Waals surface area contributed by atoms with Crippen LogP contribution in [-0.2, 0) is 166 Å². The van der Waals surface area contributed by atoms with E-state index in [-0.39, 0.29) is 99.8 Å². The number of fused-ring (bicyclic) bond motifs is 5. The molecule has 17 fully saturated rings. The van der Waals surface area contributed by atoms with Crippen LogP contribution in [0.5, 0.6) is 0 Å². The fourth-order valence-electron chi connectivity index (χ4n) is 20.2. The van der Waals surface area contributed by atoms with Crippen LogP contribution in [0.1, 0.15) is 199 Å². The molecular weight excluding hydrogens is 1720 g/mol. The molecule has 0 bridgehead atoms. The fourth-order valence-corrected chi connectivity index (χ4v) is 22.4. The highest BCUT2D eigenvalue weighted by atomic mass is 32.3. The van der Waals surface area contributed by atoms with Gasteiger partial charge in [0, 0.05) is 34.4 Å². The third kappa shape index (κ3) is 22.9. The Morgan fingerprint density at radius 3 is 1.00 bits per heavy atom. The van der Waals surface area contributed by atoms with Gasteiger partial charge in [-0.05, 0) is 169 Å². The van der Waals surface area contributed by atoms with Crippen molar-refractivity contribution in [3.05, 3.63) is 108 Å². The third-order valence-corrected chi connectivity index (χ3v) is 27.4. The molecule has 0 radical (unpaired) electrons. The minimum atomic E-state index is -5.14. The highest BCUT2D eigenvalue weighted by molar-refractivity contribution is 7.82. The Morgan fingerprint density at radius 1 is 0.325 bits per heavy atom. The van der Waals surface area contributed by atoms with E-state index in [0.29, 0.717) is 44.5 Å². The van der Waals surface area contributed by atoms with Crippen LogP contribution in [0.25, 0.3) is 0 Å². The summed E-state index contributed by atoms with van der Waals surface area (Å²) >= 11 is 0. The second-order valence-electron chi connectivity index (χ2n) is 38.9. The van der Waals surface area contributed by atoms with Crippen LogP contribution in [0.4, 0.5) is 0 Å². The zero-order valence-corrected chi connectivity index (χ0v) is 77.1. The van der Waals surface area contributed by atoms with Crippen LogP contribution in [0, 0.1) is 23.7 Å². The van der Waals surface area contributed by atoms with Gasteiger partial charge in [-0.25, -0.2) is 25.2 Å². The van der Waals surface area contributed by atoms with Crippen molar-refractivity contribution in [1.82, 2.24) is 0 Å². The first kappa shape index (κ1) is 95.5. The van der Waals surface area contributed by atoms with E-state index in [1.807, 2.05) is 174 Å². The molecule has 3 saturated carbocycles. The normalized spacial score (nSPS) is 42.7. The van der Waals surface area contributed by atoms with Gasteiger partial charge in [0.05, 0.1) is 114 Å². The highest BCUT2D eigenvalue weighted by Gasteiger charge is 2.63. The summed E-state index contributed by atoms with van der Waals surface area (Å²) in [5, 5.41) is 0. The lowest BCUT2D eigenvalue weighted by molar-refractivity contribution is -0.313. The number of rotatable bonds is 13. The summed E-state index contributed by atoms with van der Waals surface area (Å²) in [7, 11) is -13.3. The topological polar surface area (TPSA) is 393 Å². The predicted molar refractivity (Wildman–Crippen MR) is 433 cm³/mol. The second-order valence-corrected chi connectivity index (χ2v) is 42.4. The van der Waals surface area contributed by atoms with Gasteiger partial charge in [0.25, 0.3) is 0 Å². The largest absolute Gasteiger partial charge is 0.726 e. The number of hydrogen-bond donors (Lipinski definition) is 0. The average molecular weight is 1840 g/mol. The molecule has 0 aromatic heterocycles. The maximum atomic E-state index is 12.1. The van der Waals surface area contributed by atoms with E-state index in [9.17, 15) is 29.8 Å². The van der Waals surface area contributed by atoms with E-state index in [4.69, 9.17) is 135 Å². The molecule has 126 heavy (non-hydrogen) atoms. The Kier molecular flexibility index (Phi) is 27.7. The molecule has 3 aliphatic carbocycles. The summed E-state index contributed by atoms with van der Waals surface area (Å²) in [6.07, 6.45) is -5.59. The minimum Gasteiger partial charge on any atom is -0.726 e. The van der Waals surface area contributed by atoms with Crippen molar-refractivity contribution < 1.29 is 164 Å². The maximum Gasteiger partial charge on any atom is 0.400 e. The summed E-state index contributed by atoms with van der Waals surface area (Å²) in [4.78, 5) is 0. The summed E-state index contributed by atoms with van der Waals surface area (Å²) in [6.45, 7) is 36.1. The molecule has 4 unspecified atom stereocenters. The van der Waals surface area contributed by atoms with Gasteiger partial charge in [0.1, 0.15) is 67.1 Å². The van der Waals surface area contributed by atoms with Crippen molar-refractivity contribution in [2.24, 2.45) is 23.7 Å². The Morgan fingerprint density at radius 2 is 0.643 bits per heavy atom. The lowest BCUT2D eigenvalue weighted by Crippen LogP contribution is -2.58. The van der Waals surface area contributed by atoms with Gasteiger partial charge in [-0.15, -0.1) is 0 Å². The van der Waals surface area contributed by atoms with E-state index in [1.54, 1.807) is 41.5 Å². The van der Waals surface area contributed by atoms with E-state index in [1.165, 1.54) is 0 Å². The van der Waals surface area contributed by atoms with Crippen LogP contribution in [-0.4, -0.2) is 263 Å². The number of ether oxygens (including phenoxy) is 24. The van der Waals surface area contributed by atoms with Gasteiger partial charge in [0.2, 0.25) is 10.4 Å². The van der Waals surface area contributed by atoms with Gasteiger partial charge >= 0.3 is 20.8 Å². The second kappa shape index (κ2) is 36.5. The molecule has 0 spiro atoms. The molecule has 14 saturated heterocycles. The quantitative estimate of drug-likeness (QED) is 0.113. The molecule has 0 N–H and O–H groups in total. The summed E-state index contributed by atoms with van der Waals surface area (Å²) < 4.78 is 251. The molecule has 3 aromatic carbocycles.